The number of ether oxygens (including phenoxy) is 2. The van der Waals surface area contributed by atoms with E-state index >= 15 is 0 Å². The Hall–Kier alpha value is -3.37. The van der Waals surface area contributed by atoms with Crippen LogP contribution >= 0.6 is 0 Å². The number of methoxy groups -OCH3 is 1. The van der Waals surface area contributed by atoms with Crippen molar-refractivity contribution in [2.24, 2.45) is 11.0 Å². The van der Waals surface area contributed by atoms with Gasteiger partial charge in [0.2, 0.25) is 0 Å². The van der Waals surface area contributed by atoms with Crippen LogP contribution in [0.5, 0.6) is 0 Å². The number of hydrazone groups is 1. The van der Waals surface area contributed by atoms with E-state index in [0.29, 0.717) is 13.0 Å². The molecule has 0 spiro atoms. The second-order valence-corrected chi connectivity index (χ2v) is 9.15. The summed E-state index contributed by atoms with van der Waals surface area (Å²) in [6.07, 6.45) is 4.10. The Morgan fingerprint density at radius 2 is 1.80 bits per heavy atom. The number of hydrogen-bond donors (Lipinski definition) is 1. The molecule has 3 rings (SSSR count). The standard InChI is InChI=1S/C25H32N4O6/c1-18(2)23(27-26-22-10-9-20(28(30)31)15-24(22)29(32)33)16-25(34-3)13-11-21(12-14-25)35-17-19-7-5-4-6-8-19/h4-10,15,18,21,26H,11-14,16-17H2,1-3H3/b27-23+. The number of rotatable bonds is 11. The van der Waals surface area contributed by atoms with Crippen molar-refractivity contribution in [1.29, 1.82) is 0 Å². The minimum atomic E-state index is -0.665. The summed E-state index contributed by atoms with van der Waals surface area (Å²) in [5.74, 6) is 0.0682. The van der Waals surface area contributed by atoms with Crippen molar-refractivity contribution in [2.75, 3.05) is 12.5 Å². The van der Waals surface area contributed by atoms with Gasteiger partial charge >= 0.3 is 5.69 Å². The van der Waals surface area contributed by atoms with Crippen molar-refractivity contribution in [3.8, 4) is 0 Å². The summed E-state index contributed by atoms with van der Waals surface area (Å²) in [5, 5.41) is 26.9. The lowest BCUT2D eigenvalue weighted by Crippen LogP contribution is -2.41. The molecule has 0 atom stereocenters. The summed E-state index contributed by atoms with van der Waals surface area (Å²) in [4.78, 5) is 21.1. The number of hydrogen-bond acceptors (Lipinski definition) is 8. The normalized spacial score (nSPS) is 20.6. The highest BCUT2D eigenvalue weighted by molar-refractivity contribution is 5.88. The zero-order chi connectivity index (χ0) is 25.4. The van der Waals surface area contributed by atoms with Crippen LogP contribution in [0.15, 0.2) is 53.6 Å². The van der Waals surface area contributed by atoms with E-state index in [-0.39, 0.29) is 23.4 Å². The molecular weight excluding hydrogens is 452 g/mol. The zero-order valence-electron chi connectivity index (χ0n) is 20.3. The van der Waals surface area contributed by atoms with Gasteiger partial charge in [-0.3, -0.25) is 25.7 Å². The topological polar surface area (TPSA) is 129 Å². The van der Waals surface area contributed by atoms with Gasteiger partial charge in [0.15, 0.2) is 0 Å². The third-order valence-corrected chi connectivity index (χ3v) is 6.48. The van der Waals surface area contributed by atoms with E-state index in [0.717, 1.165) is 43.0 Å². The SMILES string of the molecule is COC1(C/C(=N\Nc2ccc([N+](=O)[O-])cc2[N+](=O)[O-])C(C)C)CCC(OCc2ccccc2)CC1. The summed E-state index contributed by atoms with van der Waals surface area (Å²) in [6, 6.07) is 13.5. The first-order valence-corrected chi connectivity index (χ1v) is 11.7. The van der Waals surface area contributed by atoms with Crippen molar-refractivity contribution in [3.05, 3.63) is 74.3 Å². The number of benzene rings is 2. The average Bonchev–Trinajstić information content (AvgIpc) is 2.86. The van der Waals surface area contributed by atoms with Gasteiger partial charge in [0.05, 0.1) is 34.2 Å². The van der Waals surface area contributed by atoms with Gasteiger partial charge in [0, 0.05) is 25.3 Å². The van der Waals surface area contributed by atoms with Crippen molar-refractivity contribution in [3.63, 3.8) is 0 Å². The van der Waals surface area contributed by atoms with Crippen LogP contribution in [0.4, 0.5) is 17.1 Å². The maximum Gasteiger partial charge on any atom is 0.301 e. The van der Waals surface area contributed by atoms with Crippen LogP contribution in [-0.2, 0) is 16.1 Å². The van der Waals surface area contributed by atoms with Crippen LogP contribution in [0.25, 0.3) is 0 Å². The molecule has 1 saturated carbocycles. The number of nitro groups is 2. The molecule has 0 bridgehead atoms. The lowest BCUT2D eigenvalue weighted by atomic mass is 9.78. The van der Waals surface area contributed by atoms with Gasteiger partial charge < -0.3 is 9.47 Å². The first-order valence-electron chi connectivity index (χ1n) is 11.7. The third-order valence-electron chi connectivity index (χ3n) is 6.48. The number of anilines is 1. The molecule has 0 unspecified atom stereocenters. The van der Waals surface area contributed by atoms with Crippen LogP contribution in [0.3, 0.4) is 0 Å². The molecule has 1 fully saturated rings. The second-order valence-electron chi connectivity index (χ2n) is 9.15. The first-order chi connectivity index (χ1) is 16.7. The molecule has 0 heterocycles. The highest BCUT2D eigenvalue weighted by atomic mass is 16.6. The van der Waals surface area contributed by atoms with Gasteiger partial charge in [0.25, 0.3) is 5.69 Å². The third kappa shape index (κ3) is 7.06. The minimum Gasteiger partial charge on any atom is -0.378 e. The number of nitrogens with one attached hydrogen (secondary N) is 1. The Morgan fingerprint density at radius 1 is 1.11 bits per heavy atom. The van der Waals surface area contributed by atoms with Gasteiger partial charge in [-0.15, -0.1) is 0 Å². The van der Waals surface area contributed by atoms with Gasteiger partial charge in [-0.2, -0.15) is 5.10 Å². The molecule has 2 aromatic carbocycles. The van der Waals surface area contributed by atoms with E-state index in [1.165, 1.54) is 12.1 Å². The predicted molar refractivity (Wildman–Crippen MR) is 133 cm³/mol. The number of nitrogens with zero attached hydrogens (tertiary/aromatic N) is 3. The van der Waals surface area contributed by atoms with Crippen LogP contribution < -0.4 is 5.43 Å². The van der Waals surface area contributed by atoms with E-state index in [9.17, 15) is 20.2 Å². The monoisotopic (exact) mass is 484 g/mol. The molecule has 188 valence electrons. The fourth-order valence-electron chi connectivity index (χ4n) is 4.24. The summed E-state index contributed by atoms with van der Waals surface area (Å²) >= 11 is 0. The molecule has 0 aliphatic heterocycles. The summed E-state index contributed by atoms with van der Waals surface area (Å²) in [5.41, 5.74) is 3.69. The molecular formula is C25H32N4O6. The van der Waals surface area contributed by atoms with Crippen molar-refractivity contribution in [1.82, 2.24) is 0 Å². The largest absolute Gasteiger partial charge is 0.378 e. The maximum atomic E-state index is 11.4. The Labute approximate surface area is 204 Å². The van der Waals surface area contributed by atoms with Crippen molar-refractivity contribution < 1.29 is 19.3 Å². The average molecular weight is 485 g/mol. The van der Waals surface area contributed by atoms with E-state index in [1.54, 1.807) is 7.11 Å². The predicted octanol–water partition coefficient (Wildman–Crippen LogP) is 5.86. The highest BCUT2D eigenvalue weighted by Gasteiger charge is 2.37. The Bertz CT molecular complexity index is 1050. The van der Waals surface area contributed by atoms with E-state index in [2.05, 4.69) is 22.7 Å². The molecule has 2 aromatic rings. The number of nitro benzene ring substituents is 2. The maximum absolute atomic E-state index is 11.4. The van der Waals surface area contributed by atoms with Crippen molar-refractivity contribution >= 4 is 22.8 Å². The summed E-state index contributed by atoms with van der Waals surface area (Å²) in [7, 11) is 1.71. The van der Waals surface area contributed by atoms with Gasteiger partial charge in [-0.1, -0.05) is 44.2 Å². The van der Waals surface area contributed by atoms with Gasteiger partial charge in [-0.05, 0) is 43.2 Å². The number of non-ortho nitro benzene ring substituents is 1. The summed E-state index contributed by atoms with van der Waals surface area (Å²) < 4.78 is 12.1. The highest BCUT2D eigenvalue weighted by Crippen LogP contribution is 2.37. The molecule has 10 nitrogen and oxygen atoms in total. The molecule has 10 heteroatoms. The van der Waals surface area contributed by atoms with Crippen molar-refractivity contribution in [2.45, 2.75) is 64.3 Å². The smallest absolute Gasteiger partial charge is 0.301 e. The van der Waals surface area contributed by atoms with Crippen LogP contribution in [0.2, 0.25) is 0 Å². The lowest BCUT2D eigenvalue weighted by Gasteiger charge is -2.39. The molecule has 0 saturated heterocycles. The van der Waals surface area contributed by atoms with Crippen LogP contribution in [-0.4, -0.2) is 34.4 Å². The summed E-state index contributed by atoms with van der Waals surface area (Å²) in [6.45, 7) is 4.59. The van der Waals surface area contributed by atoms with Crippen LogP contribution in [0.1, 0.15) is 51.5 Å². The first kappa shape index (κ1) is 26.2. The van der Waals surface area contributed by atoms with E-state index in [4.69, 9.17) is 9.47 Å². The van der Waals surface area contributed by atoms with Gasteiger partial charge in [-0.25, -0.2) is 0 Å². The molecule has 0 aromatic heterocycles. The Morgan fingerprint density at radius 3 is 2.37 bits per heavy atom. The Kier molecular flexibility index (Phi) is 8.89. The molecule has 0 radical (unpaired) electrons. The van der Waals surface area contributed by atoms with E-state index in [1.807, 2.05) is 32.0 Å². The zero-order valence-corrected chi connectivity index (χ0v) is 20.3. The fraction of sp³-hybridized carbons (Fsp3) is 0.480. The molecule has 35 heavy (non-hydrogen) atoms. The molecule has 1 aliphatic rings. The van der Waals surface area contributed by atoms with Crippen LogP contribution in [0, 0.1) is 26.1 Å². The second kappa shape index (κ2) is 11.9. The quantitative estimate of drug-likeness (QED) is 0.240. The lowest BCUT2D eigenvalue weighted by molar-refractivity contribution is -0.393. The van der Waals surface area contributed by atoms with Gasteiger partial charge in [0.1, 0.15) is 5.69 Å². The molecule has 1 N–H and O–H groups in total. The molecule has 1 aliphatic carbocycles. The Balaban J connectivity index is 1.67. The fourth-order valence-corrected chi connectivity index (χ4v) is 4.24. The van der Waals surface area contributed by atoms with E-state index < -0.39 is 21.1 Å². The molecule has 0 amide bonds. The minimum absolute atomic E-state index is 0.0682.